The number of amides is 1. The number of benzene rings is 3. The topological polar surface area (TPSA) is 38.3 Å². The van der Waals surface area contributed by atoms with Gasteiger partial charge in [-0.3, -0.25) is 0 Å². The van der Waals surface area contributed by atoms with Crippen LogP contribution in [0, 0.1) is 13.0 Å². The van der Waals surface area contributed by atoms with Crippen LogP contribution in [0.2, 0.25) is 0 Å². The normalized spacial score (nSPS) is 10.4. The number of carbonyl (C=O) groups is 1. The second-order valence-electron chi connectivity index (χ2n) is 5.86. The quantitative estimate of drug-likeness (QED) is 0.525. The molecule has 27 heavy (non-hydrogen) atoms. The van der Waals surface area contributed by atoms with Crippen LogP contribution in [0.25, 0.3) is 0 Å². The summed E-state index contributed by atoms with van der Waals surface area (Å²) < 4.78 is 20.7. The molecule has 0 saturated heterocycles. The molecule has 0 heterocycles. The molecule has 0 bridgehead atoms. The van der Waals surface area contributed by atoms with E-state index in [4.69, 9.17) is 4.74 Å². The number of alkyl carbamates (subject to hydrolysis) is 1. The third kappa shape index (κ3) is 6.36. The summed E-state index contributed by atoms with van der Waals surface area (Å²) in [5.41, 5.74) is 2.17. The highest BCUT2D eigenvalue weighted by atomic mass is 127. The SMILES string of the molecule is O=C(NCCc1ccccc1[I+]c1ccc(F)cc1)OCc1ccccc1. The second-order valence-corrected chi connectivity index (χ2v) is 8.81. The summed E-state index contributed by atoms with van der Waals surface area (Å²) in [6.45, 7) is 0.775. The van der Waals surface area contributed by atoms with Crippen LogP contribution in [-0.2, 0) is 17.8 Å². The molecule has 0 aromatic heterocycles. The molecule has 138 valence electrons. The van der Waals surface area contributed by atoms with E-state index in [1.807, 2.05) is 54.6 Å². The minimum absolute atomic E-state index is 0.214. The van der Waals surface area contributed by atoms with E-state index in [0.29, 0.717) is 6.54 Å². The molecule has 5 heteroatoms. The molecule has 0 spiro atoms. The van der Waals surface area contributed by atoms with Crippen molar-refractivity contribution < 1.29 is 35.1 Å². The number of halogens is 2. The van der Waals surface area contributed by atoms with Gasteiger partial charge < -0.3 is 10.1 Å². The first-order valence-corrected chi connectivity index (χ1v) is 10.8. The summed E-state index contributed by atoms with van der Waals surface area (Å²) in [5, 5.41) is 2.80. The third-order valence-corrected chi connectivity index (χ3v) is 6.82. The van der Waals surface area contributed by atoms with Gasteiger partial charge in [0.2, 0.25) is 0 Å². The van der Waals surface area contributed by atoms with Crippen molar-refractivity contribution in [3.8, 4) is 0 Å². The molecule has 3 aromatic rings. The van der Waals surface area contributed by atoms with Crippen LogP contribution in [0.4, 0.5) is 9.18 Å². The smallest absolute Gasteiger partial charge is 0.407 e. The molecule has 3 nitrogen and oxygen atoms in total. The molecular weight excluding hydrogens is 456 g/mol. The molecular formula is C22H20FINO2+. The van der Waals surface area contributed by atoms with Crippen molar-refractivity contribution in [2.75, 3.05) is 6.54 Å². The Kier molecular flexibility index (Phi) is 7.21. The van der Waals surface area contributed by atoms with Crippen LogP contribution in [0.15, 0.2) is 78.9 Å². The molecule has 0 aliphatic rings. The van der Waals surface area contributed by atoms with E-state index in [0.717, 1.165) is 15.6 Å². The van der Waals surface area contributed by atoms with Crippen molar-refractivity contribution in [1.82, 2.24) is 5.32 Å². The van der Waals surface area contributed by atoms with Gasteiger partial charge in [-0.25, -0.2) is 9.18 Å². The minimum Gasteiger partial charge on any atom is -0.445 e. The lowest BCUT2D eigenvalue weighted by Crippen LogP contribution is -3.61. The molecule has 1 N–H and O–H groups in total. The van der Waals surface area contributed by atoms with Crippen LogP contribution >= 0.6 is 0 Å². The van der Waals surface area contributed by atoms with Gasteiger partial charge in [0.05, 0.1) is 0 Å². The van der Waals surface area contributed by atoms with Crippen molar-refractivity contribution >= 4 is 6.09 Å². The Labute approximate surface area is 168 Å². The van der Waals surface area contributed by atoms with E-state index in [-0.39, 0.29) is 33.6 Å². The minimum atomic E-state index is -0.412. The van der Waals surface area contributed by atoms with Crippen molar-refractivity contribution in [2.24, 2.45) is 0 Å². The first-order valence-electron chi connectivity index (χ1n) is 8.63. The average Bonchev–Trinajstić information content (AvgIpc) is 2.70. The largest absolute Gasteiger partial charge is 0.445 e. The zero-order chi connectivity index (χ0) is 18.9. The van der Waals surface area contributed by atoms with Gasteiger partial charge in [-0.1, -0.05) is 48.5 Å². The lowest BCUT2D eigenvalue weighted by atomic mass is 10.1. The molecule has 0 atom stereocenters. The van der Waals surface area contributed by atoms with Gasteiger partial charge in [0.15, 0.2) is 7.14 Å². The highest BCUT2D eigenvalue weighted by Gasteiger charge is 2.19. The van der Waals surface area contributed by atoms with Gasteiger partial charge in [-0.2, -0.15) is 0 Å². The van der Waals surface area contributed by atoms with E-state index < -0.39 is 6.09 Å². The molecule has 0 fully saturated rings. The number of carbonyl (C=O) groups excluding carboxylic acids is 1. The first kappa shape index (κ1) is 19.4. The van der Waals surface area contributed by atoms with Crippen molar-refractivity contribution in [3.63, 3.8) is 0 Å². The fraction of sp³-hybridized carbons (Fsp3) is 0.136. The zero-order valence-corrected chi connectivity index (χ0v) is 16.9. The van der Waals surface area contributed by atoms with Gasteiger partial charge in [-0.15, -0.1) is 0 Å². The Morgan fingerprint density at radius 1 is 0.926 bits per heavy atom. The molecule has 0 aliphatic heterocycles. The number of nitrogens with one attached hydrogen (secondary N) is 1. The fourth-order valence-electron chi connectivity index (χ4n) is 2.48. The fourth-order valence-corrected chi connectivity index (χ4v) is 5.05. The Balaban J connectivity index is 1.49. The van der Waals surface area contributed by atoms with Crippen molar-refractivity contribution in [3.05, 3.63) is 103 Å². The second kappa shape index (κ2) is 10.1. The summed E-state index contributed by atoms with van der Waals surface area (Å²) in [5.74, 6) is -0.214. The molecule has 0 unspecified atom stereocenters. The van der Waals surface area contributed by atoms with E-state index in [2.05, 4.69) is 17.4 Å². The lowest BCUT2D eigenvalue weighted by Gasteiger charge is -2.07. The van der Waals surface area contributed by atoms with E-state index in [1.165, 1.54) is 21.3 Å². The maximum atomic E-state index is 13.1. The molecule has 1 amide bonds. The number of ether oxygens (including phenoxy) is 1. The Morgan fingerprint density at radius 2 is 1.63 bits per heavy atom. The van der Waals surface area contributed by atoms with Crippen LogP contribution < -0.4 is 26.5 Å². The predicted molar refractivity (Wildman–Crippen MR) is 98.6 cm³/mol. The predicted octanol–water partition coefficient (Wildman–Crippen LogP) is 1.42. The van der Waals surface area contributed by atoms with Gasteiger partial charge in [0, 0.05) is 12.1 Å². The van der Waals surface area contributed by atoms with E-state index in [9.17, 15) is 9.18 Å². The summed E-state index contributed by atoms with van der Waals surface area (Å²) >= 11 is -0.388. The Bertz CT molecular complexity index is 869. The Morgan fingerprint density at radius 3 is 2.41 bits per heavy atom. The summed E-state index contributed by atoms with van der Waals surface area (Å²) in [7, 11) is 0. The molecule has 0 aliphatic carbocycles. The maximum Gasteiger partial charge on any atom is 0.407 e. The van der Waals surface area contributed by atoms with Crippen molar-refractivity contribution in [1.29, 1.82) is 0 Å². The number of hydrogen-bond acceptors (Lipinski definition) is 2. The summed E-state index contributed by atoms with van der Waals surface area (Å²) in [4.78, 5) is 11.9. The lowest BCUT2D eigenvalue weighted by molar-refractivity contribution is -0.598. The summed E-state index contributed by atoms with van der Waals surface area (Å²) in [6, 6.07) is 24.5. The standard InChI is InChI=1S/C22H19FINO2/c23-19-10-12-20(13-11-19)24-21-9-5-4-8-18(21)14-15-25-22(26)27-16-17-6-2-1-3-7-17/h1-13H,14-16H2/p+1. The highest BCUT2D eigenvalue weighted by Crippen LogP contribution is 2.02. The highest BCUT2D eigenvalue weighted by molar-refractivity contribution is 5.67. The van der Waals surface area contributed by atoms with E-state index >= 15 is 0 Å². The van der Waals surface area contributed by atoms with Gasteiger partial charge in [0.25, 0.3) is 0 Å². The summed E-state index contributed by atoms with van der Waals surface area (Å²) in [6.07, 6.45) is 0.321. The van der Waals surface area contributed by atoms with Crippen LogP contribution in [0.3, 0.4) is 0 Å². The van der Waals surface area contributed by atoms with Gasteiger partial charge in [-0.05, 0) is 42.3 Å². The van der Waals surface area contributed by atoms with Crippen LogP contribution in [0.1, 0.15) is 11.1 Å². The molecule has 3 rings (SSSR count). The maximum absolute atomic E-state index is 13.1. The average molecular weight is 476 g/mol. The Hall–Kier alpha value is -2.41. The third-order valence-electron chi connectivity index (χ3n) is 3.85. The number of hydrogen-bond donors (Lipinski definition) is 1. The molecule has 0 radical (unpaired) electrons. The molecule has 0 saturated carbocycles. The van der Waals surface area contributed by atoms with E-state index in [1.54, 1.807) is 0 Å². The first-order chi connectivity index (χ1) is 13.2. The van der Waals surface area contributed by atoms with Crippen LogP contribution in [-0.4, -0.2) is 12.6 Å². The van der Waals surface area contributed by atoms with Crippen LogP contribution in [0.5, 0.6) is 0 Å². The van der Waals surface area contributed by atoms with Gasteiger partial charge in [0.1, 0.15) is 12.4 Å². The monoisotopic (exact) mass is 476 g/mol. The van der Waals surface area contributed by atoms with Gasteiger partial charge >= 0.3 is 27.3 Å². The molecule has 3 aromatic carbocycles. The van der Waals surface area contributed by atoms with Crippen molar-refractivity contribution in [2.45, 2.75) is 13.0 Å². The number of rotatable bonds is 7. The zero-order valence-electron chi connectivity index (χ0n) is 14.7.